The first kappa shape index (κ1) is 55.4. The summed E-state index contributed by atoms with van der Waals surface area (Å²) in [6.07, 6.45) is 9.83. The van der Waals surface area contributed by atoms with Gasteiger partial charge in [-0.25, -0.2) is 0 Å². The van der Waals surface area contributed by atoms with Crippen LogP contribution in [0, 0.1) is 23.7 Å². The maximum Gasteiger partial charge on any atom is 0.306 e. The number of allylic oxidation sites excluding steroid dienone is 8. The molecule has 0 unspecified atom stereocenters. The molecule has 0 aromatic rings. The summed E-state index contributed by atoms with van der Waals surface area (Å²) in [7, 11) is 0. The molecule has 17 heteroatoms. The van der Waals surface area contributed by atoms with Gasteiger partial charge in [0.15, 0.2) is 30.3 Å². The Morgan fingerprint density at radius 2 is 1.09 bits per heavy atom. The molecule has 0 spiro atoms. The Hall–Kier alpha value is -3.20. The lowest BCUT2D eigenvalue weighted by Gasteiger charge is -2.42. The van der Waals surface area contributed by atoms with Crippen LogP contribution >= 0.6 is 0 Å². The molecule has 66 heavy (non-hydrogen) atoms. The number of aliphatic hydroxyl groups excluding tert-OH is 7. The molecule has 2 aliphatic heterocycles. The van der Waals surface area contributed by atoms with Crippen molar-refractivity contribution in [1.82, 2.24) is 0 Å². The summed E-state index contributed by atoms with van der Waals surface area (Å²) in [5.41, 5.74) is 0. The second kappa shape index (κ2) is 29.6. The van der Waals surface area contributed by atoms with Gasteiger partial charge in [0, 0.05) is 24.7 Å². The first-order valence-electron chi connectivity index (χ1n) is 24.1. The van der Waals surface area contributed by atoms with Crippen LogP contribution in [0.3, 0.4) is 0 Å². The van der Waals surface area contributed by atoms with Gasteiger partial charge in [-0.2, -0.15) is 0 Å². The van der Waals surface area contributed by atoms with Crippen LogP contribution in [0.4, 0.5) is 0 Å². The molecule has 0 aromatic heterocycles. The number of unbranched alkanes of at least 4 members (excludes halogenated alkanes) is 6. The number of carbonyl (C=O) groups is 4. The summed E-state index contributed by atoms with van der Waals surface area (Å²) in [5.74, 6) is -0.391. The van der Waals surface area contributed by atoms with E-state index in [1.165, 1.54) is 0 Å². The van der Waals surface area contributed by atoms with Gasteiger partial charge in [0.25, 0.3) is 0 Å². The Bertz CT molecular complexity index is 1590. The van der Waals surface area contributed by atoms with Crippen molar-refractivity contribution < 1.29 is 83.3 Å². The van der Waals surface area contributed by atoms with Gasteiger partial charge in [0.05, 0.1) is 19.8 Å². The van der Waals surface area contributed by atoms with Crippen LogP contribution in [0.25, 0.3) is 0 Å². The number of ketones is 2. The normalized spacial score (nSPS) is 32.8. The number of hydrogen-bond donors (Lipinski definition) is 7. The lowest BCUT2D eigenvalue weighted by atomic mass is 9.87. The molecule has 2 saturated heterocycles. The monoisotopic (exact) mass is 937 g/mol. The Labute approximate surface area is 388 Å². The molecule has 374 valence electrons. The van der Waals surface area contributed by atoms with Crippen molar-refractivity contribution in [1.29, 1.82) is 0 Å². The van der Waals surface area contributed by atoms with Crippen molar-refractivity contribution >= 4 is 23.5 Å². The largest absolute Gasteiger partial charge is 0.462 e. The van der Waals surface area contributed by atoms with Crippen LogP contribution < -0.4 is 0 Å². The number of esters is 2. The molecule has 2 heterocycles. The van der Waals surface area contributed by atoms with E-state index in [1.807, 2.05) is 19.1 Å². The van der Waals surface area contributed by atoms with Crippen LogP contribution in [-0.2, 0) is 47.6 Å². The second-order valence-electron chi connectivity index (χ2n) is 17.9. The summed E-state index contributed by atoms with van der Waals surface area (Å²) in [6, 6.07) is 0. The Balaban J connectivity index is 1.25. The average molecular weight is 937 g/mol. The highest BCUT2D eigenvalue weighted by molar-refractivity contribution is 5.95. The highest BCUT2D eigenvalue weighted by atomic mass is 16.7. The van der Waals surface area contributed by atoms with Crippen LogP contribution in [0.5, 0.6) is 0 Å². The molecule has 7 N–H and O–H groups in total. The van der Waals surface area contributed by atoms with Gasteiger partial charge in [-0.3, -0.25) is 19.2 Å². The van der Waals surface area contributed by atoms with E-state index in [4.69, 9.17) is 28.4 Å². The highest BCUT2D eigenvalue weighted by Gasteiger charge is 2.48. The van der Waals surface area contributed by atoms with E-state index >= 15 is 0 Å². The van der Waals surface area contributed by atoms with Crippen molar-refractivity contribution in [2.45, 2.75) is 184 Å². The van der Waals surface area contributed by atoms with E-state index in [1.54, 1.807) is 12.2 Å². The first-order valence-corrected chi connectivity index (χ1v) is 24.1. The van der Waals surface area contributed by atoms with Crippen molar-refractivity contribution in [2.75, 3.05) is 26.4 Å². The molecule has 15 atom stereocenters. The van der Waals surface area contributed by atoms with Crippen molar-refractivity contribution in [3.05, 3.63) is 48.6 Å². The zero-order valence-electron chi connectivity index (χ0n) is 38.6. The summed E-state index contributed by atoms with van der Waals surface area (Å²) in [4.78, 5) is 50.6. The van der Waals surface area contributed by atoms with E-state index in [0.717, 1.165) is 64.2 Å². The standard InChI is InChI=1S/C49H76O17/c1-3-5-11-19-34-31(23-25-36(34)51)17-13-8-7-9-15-21-40(53)61-28-33(64-41(54)22-16-10-14-18-32-24-26-37(52)35(32)20-12-6-4-2)29-62-48-47(60)45(58)43(56)39(66-48)30-63-49-46(59)44(57)42(55)38(27-50)65-49/h5-6,11-12,23-26,31-35,38-39,42-50,55-60H,3-4,7-10,13-22,27-30H2,1-2H3/b11-5-,12-6-/t31-,32-,33-,34+,35+,38-,39-,42+,43+,44+,45+,46-,47-,48-,49+/m1/s1. The van der Waals surface area contributed by atoms with Crippen LogP contribution in [-0.4, -0.2) is 153 Å². The molecule has 0 saturated carbocycles. The molecule has 0 amide bonds. The third-order valence-electron chi connectivity index (χ3n) is 12.8. The molecule has 0 aromatic carbocycles. The average Bonchev–Trinajstić information content (AvgIpc) is 3.84. The minimum Gasteiger partial charge on any atom is -0.462 e. The van der Waals surface area contributed by atoms with Gasteiger partial charge in [-0.05, 0) is 75.4 Å². The van der Waals surface area contributed by atoms with Crippen molar-refractivity contribution in [3.8, 4) is 0 Å². The van der Waals surface area contributed by atoms with Crippen LogP contribution in [0.15, 0.2) is 48.6 Å². The Morgan fingerprint density at radius 3 is 1.65 bits per heavy atom. The fraction of sp³-hybridized carbons (Fsp3) is 0.755. The quantitative estimate of drug-likeness (QED) is 0.0310. The maximum absolute atomic E-state index is 13.1. The number of aliphatic hydroxyl groups is 7. The molecule has 4 rings (SSSR count). The van der Waals surface area contributed by atoms with Crippen LogP contribution in [0.2, 0.25) is 0 Å². The lowest BCUT2D eigenvalue weighted by Crippen LogP contribution is -2.61. The summed E-state index contributed by atoms with van der Waals surface area (Å²) < 4.78 is 33.5. The molecular formula is C49H76O17. The zero-order chi connectivity index (χ0) is 48.0. The minimum absolute atomic E-state index is 0.0185. The van der Waals surface area contributed by atoms with Crippen LogP contribution in [0.1, 0.15) is 117 Å². The Morgan fingerprint density at radius 1 is 0.606 bits per heavy atom. The number of ether oxygens (including phenoxy) is 6. The third-order valence-corrected chi connectivity index (χ3v) is 12.8. The van der Waals surface area contributed by atoms with E-state index in [-0.39, 0.29) is 54.7 Å². The van der Waals surface area contributed by atoms with E-state index in [0.29, 0.717) is 25.7 Å². The van der Waals surface area contributed by atoms with Gasteiger partial charge in [-0.15, -0.1) is 0 Å². The summed E-state index contributed by atoms with van der Waals surface area (Å²) in [5, 5.41) is 72.1. The maximum atomic E-state index is 13.1. The number of rotatable bonds is 30. The third kappa shape index (κ3) is 17.4. The first-order chi connectivity index (χ1) is 31.8. The molecule has 17 nitrogen and oxygen atoms in total. The molecule has 2 aliphatic carbocycles. The van der Waals surface area contributed by atoms with Crippen molar-refractivity contribution in [2.24, 2.45) is 23.7 Å². The fourth-order valence-corrected chi connectivity index (χ4v) is 8.78. The predicted molar refractivity (Wildman–Crippen MR) is 239 cm³/mol. The lowest BCUT2D eigenvalue weighted by molar-refractivity contribution is -0.332. The highest BCUT2D eigenvalue weighted by Crippen LogP contribution is 2.32. The zero-order valence-corrected chi connectivity index (χ0v) is 38.6. The van der Waals surface area contributed by atoms with Gasteiger partial charge < -0.3 is 64.2 Å². The number of carbonyl (C=O) groups excluding carboxylic acids is 4. The second-order valence-corrected chi connectivity index (χ2v) is 17.9. The van der Waals surface area contributed by atoms with E-state index in [2.05, 4.69) is 31.2 Å². The molecule has 2 fully saturated rings. The fourth-order valence-electron chi connectivity index (χ4n) is 8.78. The smallest absolute Gasteiger partial charge is 0.306 e. The summed E-state index contributed by atoms with van der Waals surface area (Å²) in [6.45, 7) is 2.03. The van der Waals surface area contributed by atoms with Gasteiger partial charge in [-0.1, -0.05) is 88.8 Å². The van der Waals surface area contributed by atoms with E-state index < -0.39 is 99.3 Å². The molecule has 4 aliphatic rings. The van der Waals surface area contributed by atoms with Gasteiger partial charge >= 0.3 is 11.9 Å². The molecular weight excluding hydrogens is 861 g/mol. The van der Waals surface area contributed by atoms with E-state index in [9.17, 15) is 54.9 Å². The SMILES string of the molecule is CC/C=C\C[C@@H]1C(=O)C=C[C@H]1CCCCCCCC(=O)OC[C@H](CO[C@@H]1O[C@H](CO[C@H]2O[C@H](CO)[C@H](O)[C@H](O)[C@H]2O)[C@H](O)[C@H](O)[C@H]1O)OC(=O)CCCCC[C@@H]1C=CC(=O)[C@H]1C/C=C\CC. The molecule has 0 radical (unpaired) electrons. The Kier molecular flexibility index (Phi) is 24.9. The van der Waals surface area contributed by atoms with Gasteiger partial charge in [0.2, 0.25) is 0 Å². The minimum atomic E-state index is -1.81. The number of hydrogen-bond acceptors (Lipinski definition) is 17. The van der Waals surface area contributed by atoms with Gasteiger partial charge in [0.1, 0.15) is 55.4 Å². The molecule has 0 bridgehead atoms. The van der Waals surface area contributed by atoms with Crippen molar-refractivity contribution in [3.63, 3.8) is 0 Å². The summed E-state index contributed by atoms with van der Waals surface area (Å²) >= 11 is 0. The topological polar surface area (TPSA) is 265 Å². The predicted octanol–water partition coefficient (Wildman–Crippen LogP) is 3.22.